The highest BCUT2D eigenvalue weighted by Crippen LogP contribution is 2.23. The van der Waals surface area contributed by atoms with Gasteiger partial charge < -0.3 is 15.5 Å². The first-order chi connectivity index (χ1) is 12.2. The summed E-state index contributed by atoms with van der Waals surface area (Å²) in [5.41, 5.74) is 4.26. The van der Waals surface area contributed by atoms with E-state index in [1.165, 1.54) is 0 Å². The van der Waals surface area contributed by atoms with Crippen molar-refractivity contribution in [2.75, 3.05) is 37.0 Å². The Morgan fingerprint density at radius 2 is 2.36 bits per heavy atom. The summed E-state index contributed by atoms with van der Waals surface area (Å²) in [6.07, 6.45) is 1.28. The molecule has 0 bridgehead atoms. The minimum absolute atomic E-state index is 0.00136. The van der Waals surface area contributed by atoms with Crippen molar-refractivity contribution in [1.82, 2.24) is 15.6 Å². The molecule has 25 heavy (non-hydrogen) atoms. The fourth-order valence-corrected chi connectivity index (χ4v) is 3.98. The average Bonchev–Trinajstić information content (AvgIpc) is 2.63. The normalized spacial score (nSPS) is 19.7. The van der Waals surface area contributed by atoms with Crippen LogP contribution in [0.25, 0.3) is 0 Å². The van der Waals surface area contributed by atoms with Gasteiger partial charge in [0.15, 0.2) is 5.84 Å². The number of hydrazone groups is 1. The number of hydrogen-bond donors (Lipinski definition) is 3. The molecular formula is C17H23N5O2S. The third-order valence-electron chi connectivity index (χ3n) is 4.21. The van der Waals surface area contributed by atoms with Gasteiger partial charge in [-0.05, 0) is 32.1 Å². The molecule has 2 heterocycles. The maximum Gasteiger partial charge on any atom is 0.263 e. The summed E-state index contributed by atoms with van der Waals surface area (Å²) in [5.74, 6) is 2.46. The van der Waals surface area contributed by atoms with Gasteiger partial charge in [0.2, 0.25) is 5.91 Å². The first-order valence-electron chi connectivity index (χ1n) is 8.46. The van der Waals surface area contributed by atoms with Gasteiger partial charge in [-0.25, -0.2) is 5.43 Å². The number of anilines is 1. The molecule has 1 fully saturated rings. The molecule has 1 atom stereocenters. The highest BCUT2D eigenvalue weighted by atomic mass is 32.2. The molecule has 0 radical (unpaired) electrons. The zero-order valence-corrected chi connectivity index (χ0v) is 15.1. The fourth-order valence-electron chi connectivity index (χ4n) is 2.94. The number of benzene rings is 1. The molecule has 1 saturated heterocycles. The fraction of sp³-hybridized carbons (Fsp3) is 0.471. The van der Waals surface area contributed by atoms with Crippen molar-refractivity contribution in [1.29, 1.82) is 0 Å². The second-order valence-corrected chi connectivity index (χ2v) is 7.18. The van der Waals surface area contributed by atoms with Gasteiger partial charge in [-0.3, -0.25) is 9.59 Å². The second kappa shape index (κ2) is 8.35. The zero-order valence-electron chi connectivity index (χ0n) is 14.2. The van der Waals surface area contributed by atoms with E-state index >= 15 is 0 Å². The number of fused-ring (bicyclic) bond motifs is 1. The summed E-state index contributed by atoms with van der Waals surface area (Å²) in [5, 5.41) is 10.2. The number of hydrogen-bond acceptors (Lipinski definition) is 6. The molecule has 2 aliphatic rings. The van der Waals surface area contributed by atoms with Gasteiger partial charge >= 0.3 is 0 Å². The van der Waals surface area contributed by atoms with Gasteiger partial charge in [-0.1, -0.05) is 12.1 Å². The highest BCUT2D eigenvalue weighted by molar-refractivity contribution is 7.99. The standard InChI is InChI=1S/C17H23N5O2S/c1-18-7-3-6-15(23)19-13-5-2-4-12(10-13)16-20-21-17(24)14-11-25-9-8-22(14)16/h2,4-5,10,14,18H,3,6-9,11H2,1H3,(H,19,23)(H,21,24). The van der Waals surface area contributed by atoms with Crippen LogP contribution in [0.15, 0.2) is 29.4 Å². The van der Waals surface area contributed by atoms with Crippen LogP contribution < -0.4 is 16.1 Å². The molecule has 2 aliphatic heterocycles. The van der Waals surface area contributed by atoms with Crippen molar-refractivity contribution in [3.8, 4) is 0 Å². The summed E-state index contributed by atoms with van der Waals surface area (Å²) < 4.78 is 0. The molecule has 1 unspecified atom stereocenters. The van der Waals surface area contributed by atoms with E-state index in [2.05, 4.69) is 26.1 Å². The lowest BCUT2D eigenvalue weighted by Crippen LogP contribution is -2.57. The number of amides is 2. The SMILES string of the molecule is CNCCCC(=O)Nc1cccc(C2=NNC(=O)C3CSCCN23)c1. The van der Waals surface area contributed by atoms with E-state index in [0.29, 0.717) is 6.42 Å². The van der Waals surface area contributed by atoms with Crippen molar-refractivity contribution in [3.05, 3.63) is 29.8 Å². The molecule has 0 saturated carbocycles. The van der Waals surface area contributed by atoms with Crippen LogP contribution in [-0.4, -0.2) is 60.2 Å². The Morgan fingerprint density at radius 3 is 3.20 bits per heavy atom. The molecule has 134 valence electrons. The number of nitrogens with zero attached hydrogens (tertiary/aromatic N) is 2. The van der Waals surface area contributed by atoms with E-state index in [9.17, 15) is 9.59 Å². The summed E-state index contributed by atoms with van der Waals surface area (Å²) in [4.78, 5) is 26.1. The quantitative estimate of drug-likeness (QED) is 0.654. The molecule has 3 rings (SSSR count). The molecule has 0 spiro atoms. The van der Waals surface area contributed by atoms with Crippen molar-refractivity contribution in [2.45, 2.75) is 18.9 Å². The van der Waals surface area contributed by atoms with Gasteiger partial charge in [0, 0.05) is 35.7 Å². The van der Waals surface area contributed by atoms with Crippen LogP contribution in [-0.2, 0) is 9.59 Å². The molecule has 3 N–H and O–H groups in total. The predicted molar refractivity (Wildman–Crippen MR) is 101 cm³/mol. The Balaban J connectivity index is 1.72. The van der Waals surface area contributed by atoms with E-state index in [-0.39, 0.29) is 17.9 Å². The lowest BCUT2D eigenvalue weighted by atomic mass is 10.1. The van der Waals surface area contributed by atoms with Gasteiger partial charge in [-0.15, -0.1) is 0 Å². The van der Waals surface area contributed by atoms with Gasteiger partial charge in [0.05, 0.1) is 0 Å². The van der Waals surface area contributed by atoms with E-state index in [0.717, 1.165) is 48.1 Å². The summed E-state index contributed by atoms with van der Waals surface area (Å²) >= 11 is 1.78. The van der Waals surface area contributed by atoms with Crippen LogP contribution in [0.3, 0.4) is 0 Å². The number of carbonyl (C=O) groups excluding carboxylic acids is 2. The molecule has 0 aromatic heterocycles. The number of amidine groups is 1. The number of nitrogens with one attached hydrogen (secondary N) is 3. The Morgan fingerprint density at radius 1 is 1.48 bits per heavy atom. The molecule has 2 amide bonds. The van der Waals surface area contributed by atoms with Crippen molar-refractivity contribution in [3.63, 3.8) is 0 Å². The van der Waals surface area contributed by atoms with E-state index in [1.807, 2.05) is 31.3 Å². The Labute approximate surface area is 151 Å². The minimum atomic E-state index is -0.175. The summed E-state index contributed by atoms with van der Waals surface area (Å²) in [7, 11) is 1.87. The average molecular weight is 361 g/mol. The van der Waals surface area contributed by atoms with Crippen LogP contribution in [0.4, 0.5) is 5.69 Å². The molecule has 1 aromatic rings. The van der Waals surface area contributed by atoms with Crippen LogP contribution in [0, 0.1) is 0 Å². The third-order valence-corrected chi connectivity index (χ3v) is 5.23. The lowest BCUT2D eigenvalue weighted by molar-refractivity contribution is -0.125. The summed E-state index contributed by atoms with van der Waals surface area (Å²) in [6, 6.07) is 7.44. The van der Waals surface area contributed by atoms with Gasteiger partial charge in [0.25, 0.3) is 5.91 Å². The van der Waals surface area contributed by atoms with Crippen LogP contribution in [0.5, 0.6) is 0 Å². The summed E-state index contributed by atoms with van der Waals surface area (Å²) in [6.45, 7) is 1.61. The Bertz CT molecular complexity index is 679. The first-order valence-corrected chi connectivity index (χ1v) is 9.61. The lowest BCUT2D eigenvalue weighted by Gasteiger charge is -2.38. The van der Waals surface area contributed by atoms with Gasteiger partial charge in [0.1, 0.15) is 6.04 Å². The monoisotopic (exact) mass is 361 g/mol. The predicted octanol–water partition coefficient (Wildman–Crippen LogP) is 0.834. The maximum absolute atomic E-state index is 12.0. The van der Waals surface area contributed by atoms with E-state index in [1.54, 1.807) is 11.8 Å². The highest BCUT2D eigenvalue weighted by Gasteiger charge is 2.35. The number of thioether (sulfide) groups is 1. The van der Waals surface area contributed by atoms with E-state index in [4.69, 9.17) is 0 Å². The number of carbonyl (C=O) groups is 2. The second-order valence-electron chi connectivity index (χ2n) is 6.03. The molecule has 8 heteroatoms. The third kappa shape index (κ3) is 4.32. The van der Waals surface area contributed by atoms with Crippen LogP contribution >= 0.6 is 11.8 Å². The Kier molecular flexibility index (Phi) is 5.93. The van der Waals surface area contributed by atoms with E-state index < -0.39 is 0 Å². The maximum atomic E-state index is 12.0. The Hall–Kier alpha value is -2.06. The van der Waals surface area contributed by atoms with Crippen LogP contribution in [0.1, 0.15) is 18.4 Å². The smallest absolute Gasteiger partial charge is 0.263 e. The molecule has 0 aliphatic carbocycles. The van der Waals surface area contributed by atoms with Crippen molar-refractivity contribution < 1.29 is 9.59 Å². The first kappa shape index (κ1) is 17.8. The topological polar surface area (TPSA) is 85.8 Å². The van der Waals surface area contributed by atoms with Crippen molar-refractivity contribution in [2.24, 2.45) is 5.10 Å². The molecule has 7 nitrogen and oxygen atoms in total. The van der Waals surface area contributed by atoms with Gasteiger partial charge in [-0.2, -0.15) is 16.9 Å². The zero-order chi connectivity index (χ0) is 17.6. The molecular weight excluding hydrogens is 338 g/mol. The number of rotatable bonds is 6. The van der Waals surface area contributed by atoms with Crippen LogP contribution in [0.2, 0.25) is 0 Å². The minimum Gasteiger partial charge on any atom is -0.341 e. The molecule has 1 aromatic carbocycles. The van der Waals surface area contributed by atoms with Crippen molar-refractivity contribution >= 4 is 35.1 Å². The largest absolute Gasteiger partial charge is 0.341 e.